The average molecular weight is 359 g/mol. The Labute approximate surface area is 136 Å². The predicted molar refractivity (Wildman–Crippen MR) is 82.3 cm³/mol. The summed E-state index contributed by atoms with van der Waals surface area (Å²) < 4.78 is 36.3. The van der Waals surface area contributed by atoms with Crippen LogP contribution in [0.3, 0.4) is 0 Å². The first-order valence-corrected chi connectivity index (χ1v) is 8.43. The first kappa shape index (κ1) is 17.1. The van der Waals surface area contributed by atoms with E-state index in [0.29, 0.717) is 5.69 Å². The van der Waals surface area contributed by atoms with E-state index in [1.165, 1.54) is 31.2 Å². The van der Waals surface area contributed by atoms with E-state index in [2.05, 4.69) is 20.8 Å². The molecule has 2 N–H and O–H groups in total. The van der Waals surface area contributed by atoms with Crippen molar-refractivity contribution in [2.75, 3.05) is 11.2 Å². The number of rotatable bonds is 5. The van der Waals surface area contributed by atoms with Crippen LogP contribution in [-0.2, 0) is 9.84 Å². The fraction of sp³-hybridized carbons (Fsp3) is 0.154. The second-order valence-electron chi connectivity index (χ2n) is 4.34. The number of halogens is 2. The van der Waals surface area contributed by atoms with Crippen LogP contribution in [0.4, 0.5) is 10.1 Å². The maximum Gasteiger partial charge on any atom is 0.289 e. The van der Waals surface area contributed by atoms with Crippen molar-refractivity contribution in [3.8, 4) is 0 Å². The van der Waals surface area contributed by atoms with Gasteiger partial charge in [0.25, 0.3) is 5.91 Å². The number of nitrogens with one attached hydrogen (secondary N) is 2. The zero-order valence-corrected chi connectivity index (χ0v) is 13.4. The molecule has 0 aliphatic heterocycles. The molecule has 2 aromatic rings. The Morgan fingerprint density at radius 3 is 2.57 bits per heavy atom. The first-order valence-electron chi connectivity index (χ1n) is 6.40. The van der Waals surface area contributed by atoms with Gasteiger partial charge in [0.1, 0.15) is 5.82 Å². The molecule has 0 bridgehead atoms. The highest BCUT2D eigenvalue weighted by Gasteiger charge is 2.20. The summed E-state index contributed by atoms with van der Waals surface area (Å²) in [7, 11) is -3.67. The number of nitrogens with zero attached hydrogens (tertiary/aromatic N) is 2. The van der Waals surface area contributed by atoms with Crippen LogP contribution in [0.15, 0.2) is 35.6 Å². The molecule has 0 atom stereocenters. The Morgan fingerprint density at radius 2 is 1.96 bits per heavy atom. The number of hydrogen-bond donors (Lipinski definition) is 2. The van der Waals surface area contributed by atoms with Gasteiger partial charge in [0.15, 0.2) is 5.69 Å². The Balaban J connectivity index is 2.18. The van der Waals surface area contributed by atoms with Crippen LogP contribution in [0.5, 0.6) is 0 Å². The van der Waals surface area contributed by atoms with E-state index in [-0.39, 0.29) is 16.5 Å². The molecule has 122 valence electrons. The molecule has 10 heteroatoms. The van der Waals surface area contributed by atoms with E-state index >= 15 is 0 Å². The fourth-order valence-electron chi connectivity index (χ4n) is 1.51. The third kappa shape index (κ3) is 4.14. The van der Waals surface area contributed by atoms with Gasteiger partial charge in [-0.1, -0.05) is 18.5 Å². The summed E-state index contributed by atoms with van der Waals surface area (Å²) in [6, 6.07) is 5.23. The van der Waals surface area contributed by atoms with Crippen molar-refractivity contribution in [3.63, 3.8) is 0 Å². The molecule has 1 amide bonds. The number of aromatic nitrogens is 2. The number of amides is 1. The highest BCUT2D eigenvalue weighted by molar-refractivity contribution is 7.91. The smallest absolute Gasteiger partial charge is 0.289 e. The molecule has 0 saturated carbocycles. The SMILES string of the molecule is CCS(=O)(=O)c1ncc(Cl)c(C(=O)NNc2ccc(F)cc2)n1. The van der Waals surface area contributed by atoms with Crippen molar-refractivity contribution in [2.24, 2.45) is 0 Å². The summed E-state index contributed by atoms with van der Waals surface area (Å²) in [5, 5.41) is -0.574. The van der Waals surface area contributed by atoms with Crippen LogP contribution < -0.4 is 10.9 Å². The zero-order chi connectivity index (χ0) is 17.0. The minimum atomic E-state index is -3.67. The van der Waals surface area contributed by atoms with Crippen LogP contribution >= 0.6 is 11.6 Å². The Kier molecular flexibility index (Phi) is 5.12. The van der Waals surface area contributed by atoms with E-state index in [9.17, 15) is 17.6 Å². The van der Waals surface area contributed by atoms with E-state index in [0.717, 1.165) is 6.20 Å². The zero-order valence-electron chi connectivity index (χ0n) is 11.9. The van der Waals surface area contributed by atoms with Gasteiger partial charge in [0.05, 0.1) is 22.7 Å². The molecule has 0 spiro atoms. The monoisotopic (exact) mass is 358 g/mol. The number of carbonyl (C=O) groups is 1. The maximum atomic E-state index is 12.8. The molecule has 0 aliphatic rings. The largest absolute Gasteiger partial charge is 0.298 e. The molecule has 1 aromatic carbocycles. The Morgan fingerprint density at radius 1 is 1.30 bits per heavy atom. The molecule has 1 aromatic heterocycles. The number of anilines is 1. The number of hydrogen-bond acceptors (Lipinski definition) is 6. The first-order chi connectivity index (χ1) is 10.8. The summed E-state index contributed by atoms with van der Waals surface area (Å²) in [5.41, 5.74) is 4.96. The molecular formula is C13H12ClFN4O3S. The molecule has 0 aliphatic carbocycles. The van der Waals surface area contributed by atoms with E-state index in [1.54, 1.807) is 0 Å². The highest BCUT2D eigenvalue weighted by atomic mass is 35.5. The van der Waals surface area contributed by atoms with Crippen molar-refractivity contribution in [3.05, 3.63) is 47.0 Å². The maximum absolute atomic E-state index is 12.8. The lowest BCUT2D eigenvalue weighted by atomic mass is 10.3. The lowest BCUT2D eigenvalue weighted by Gasteiger charge is -2.09. The Hall–Kier alpha value is -2.26. The molecule has 0 saturated heterocycles. The van der Waals surface area contributed by atoms with Crippen LogP contribution in [0.25, 0.3) is 0 Å². The summed E-state index contributed by atoms with van der Waals surface area (Å²) in [6.07, 6.45) is 1.05. The number of benzene rings is 1. The number of hydrazine groups is 1. The van der Waals surface area contributed by atoms with Gasteiger partial charge in [-0.3, -0.25) is 15.6 Å². The average Bonchev–Trinajstić information content (AvgIpc) is 2.54. The normalized spacial score (nSPS) is 11.1. The van der Waals surface area contributed by atoms with E-state index < -0.39 is 26.7 Å². The predicted octanol–water partition coefficient (Wildman–Crippen LogP) is 1.82. The summed E-state index contributed by atoms with van der Waals surface area (Å²) >= 11 is 5.83. The Bertz CT molecular complexity index is 828. The molecule has 7 nitrogen and oxygen atoms in total. The number of carbonyl (C=O) groups excluding carboxylic acids is 1. The van der Waals surface area contributed by atoms with E-state index in [4.69, 9.17) is 11.6 Å². The van der Waals surface area contributed by atoms with Crippen LogP contribution in [0.1, 0.15) is 17.4 Å². The van der Waals surface area contributed by atoms with Crippen molar-refractivity contribution in [1.82, 2.24) is 15.4 Å². The lowest BCUT2D eigenvalue weighted by Crippen LogP contribution is -2.31. The second-order valence-corrected chi connectivity index (χ2v) is 6.92. The standard InChI is InChI=1S/C13H12ClFN4O3S/c1-2-23(21,22)13-16-7-10(14)11(17-13)12(20)19-18-9-5-3-8(15)4-6-9/h3-7,18H,2H2,1H3,(H,19,20). The van der Waals surface area contributed by atoms with Gasteiger partial charge < -0.3 is 0 Å². The lowest BCUT2D eigenvalue weighted by molar-refractivity contribution is 0.0957. The summed E-state index contributed by atoms with van der Waals surface area (Å²) in [4.78, 5) is 19.4. The van der Waals surface area contributed by atoms with Gasteiger partial charge in [0, 0.05) is 0 Å². The van der Waals surface area contributed by atoms with Crippen molar-refractivity contribution < 1.29 is 17.6 Å². The van der Waals surface area contributed by atoms with Crippen molar-refractivity contribution >= 4 is 33.0 Å². The van der Waals surface area contributed by atoms with Crippen LogP contribution in [0, 0.1) is 5.82 Å². The van der Waals surface area contributed by atoms with Crippen molar-refractivity contribution in [2.45, 2.75) is 12.1 Å². The van der Waals surface area contributed by atoms with Gasteiger partial charge in [-0.05, 0) is 24.3 Å². The topological polar surface area (TPSA) is 101 Å². The fourth-order valence-corrected chi connectivity index (χ4v) is 2.39. The number of sulfone groups is 1. The van der Waals surface area contributed by atoms with Gasteiger partial charge >= 0.3 is 0 Å². The molecular weight excluding hydrogens is 347 g/mol. The molecule has 0 unspecified atom stereocenters. The minimum Gasteiger partial charge on any atom is -0.298 e. The van der Waals surface area contributed by atoms with Crippen LogP contribution in [0.2, 0.25) is 5.02 Å². The van der Waals surface area contributed by atoms with Gasteiger partial charge in [0.2, 0.25) is 15.0 Å². The van der Waals surface area contributed by atoms with Crippen LogP contribution in [-0.4, -0.2) is 30.0 Å². The summed E-state index contributed by atoms with van der Waals surface area (Å²) in [6.45, 7) is 1.43. The third-order valence-corrected chi connectivity index (χ3v) is 4.55. The molecule has 1 heterocycles. The minimum absolute atomic E-state index is 0.0986. The third-order valence-electron chi connectivity index (χ3n) is 2.76. The van der Waals surface area contributed by atoms with Crippen molar-refractivity contribution in [1.29, 1.82) is 0 Å². The van der Waals surface area contributed by atoms with E-state index in [1.807, 2.05) is 0 Å². The van der Waals surface area contributed by atoms with Gasteiger partial charge in [-0.25, -0.2) is 22.8 Å². The molecule has 0 fully saturated rings. The van der Waals surface area contributed by atoms with Gasteiger partial charge in [-0.2, -0.15) is 0 Å². The molecule has 0 radical (unpaired) electrons. The molecule has 23 heavy (non-hydrogen) atoms. The quantitative estimate of drug-likeness (QED) is 0.624. The highest BCUT2D eigenvalue weighted by Crippen LogP contribution is 2.15. The van der Waals surface area contributed by atoms with Gasteiger partial charge in [-0.15, -0.1) is 0 Å². The second kappa shape index (κ2) is 6.88. The molecule has 2 rings (SSSR count). The summed E-state index contributed by atoms with van der Waals surface area (Å²) in [5.74, 6) is -1.38.